The van der Waals surface area contributed by atoms with E-state index >= 15 is 0 Å². The molecule has 0 radical (unpaired) electrons. The maximum absolute atomic E-state index is 12.6. The van der Waals surface area contributed by atoms with E-state index < -0.39 is 0 Å². The van der Waals surface area contributed by atoms with Gasteiger partial charge in [0.2, 0.25) is 0 Å². The minimum Gasteiger partial charge on any atom is -0.494 e. The Morgan fingerprint density at radius 1 is 1.16 bits per heavy atom. The summed E-state index contributed by atoms with van der Waals surface area (Å²) in [6.45, 7) is 3.80. The standard InChI is InChI=1S/C20H23NO4/c1-2-23-16-11-9-15(10-12-16)21-20(22)18-7-3-4-8-19(18)25-14-17-6-5-13-24-17/h3-4,7-12,17H,2,5-6,13-14H2,1H3,(H,21,22)/t17-/m1/s1. The lowest BCUT2D eigenvalue weighted by Gasteiger charge is -2.14. The molecule has 1 N–H and O–H groups in total. The number of benzene rings is 2. The zero-order valence-corrected chi connectivity index (χ0v) is 14.4. The van der Waals surface area contributed by atoms with Gasteiger partial charge >= 0.3 is 0 Å². The Labute approximate surface area is 147 Å². The lowest BCUT2D eigenvalue weighted by molar-refractivity contribution is 0.0673. The fourth-order valence-electron chi connectivity index (χ4n) is 2.74. The van der Waals surface area contributed by atoms with Crippen molar-refractivity contribution < 1.29 is 19.0 Å². The zero-order chi connectivity index (χ0) is 17.5. The largest absolute Gasteiger partial charge is 0.494 e. The summed E-state index contributed by atoms with van der Waals surface area (Å²) in [5.74, 6) is 1.15. The van der Waals surface area contributed by atoms with Gasteiger partial charge in [-0.3, -0.25) is 4.79 Å². The van der Waals surface area contributed by atoms with E-state index in [1.54, 1.807) is 6.07 Å². The molecular weight excluding hydrogens is 318 g/mol. The van der Waals surface area contributed by atoms with Gasteiger partial charge in [0.1, 0.15) is 18.1 Å². The minimum atomic E-state index is -0.202. The van der Waals surface area contributed by atoms with Crippen molar-refractivity contribution in [3.05, 3.63) is 54.1 Å². The summed E-state index contributed by atoms with van der Waals surface area (Å²) in [6.07, 6.45) is 2.18. The quantitative estimate of drug-likeness (QED) is 0.830. The topological polar surface area (TPSA) is 56.8 Å². The lowest BCUT2D eigenvalue weighted by Crippen LogP contribution is -2.19. The molecule has 1 atom stereocenters. The summed E-state index contributed by atoms with van der Waals surface area (Å²) in [5, 5.41) is 2.89. The first-order chi connectivity index (χ1) is 12.3. The van der Waals surface area contributed by atoms with Crippen molar-refractivity contribution in [2.24, 2.45) is 0 Å². The molecule has 132 valence electrons. The highest BCUT2D eigenvalue weighted by atomic mass is 16.5. The third kappa shape index (κ3) is 4.73. The molecule has 1 aliphatic rings. The monoisotopic (exact) mass is 341 g/mol. The van der Waals surface area contributed by atoms with Crippen LogP contribution in [0, 0.1) is 0 Å². The van der Waals surface area contributed by atoms with Gasteiger partial charge in [-0.15, -0.1) is 0 Å². The van der Waals surface area contributed by atoms with Gasteiger partial charge in [0.15, 0.2) is 0 Å². The third-order valence-corrected chi connectivity index (χ3v) is 4.00. The number of rotatable bonds is 7. The van der Waals surface area contributed by atoms with Crippen LogP contribution in [-0.2, 0) is 4.74 Å². The van der Waals surface area contributed by atoms with Crippen molar-refractivity contribution in [3.63, 3.8) is 0 Å². The highest BCUT2D eigenvalue weighted by Gasteiger charge is 2.18. The lowest BCUT2D eigenvalue weighted by atomic mass is 10.1. The number of amides is 1. The van der Waals surface area contributed by atoms with Crippen LogP contribution in [0.5, 0.6) is 11.5 Å². The molecule has 1 fully saturated rings. The predicted octanol–water partition coefficient (Wildman–Crippen LogP) is 3.90. The Morgan fingerprint density at radius 3 is 2.68 bits per heavy atom. The predicted molar refractivity (Wildman–Crippen MR) is 96.5 cm³/mol. The normalized spacial score (nSPS) is 16.4. The van der Waals surface area contributed by atoms with Crippen molar-refractivity contribution in [1.82, 2.24) is 0 Å². The Hall–Kier alpha value is -2.53. The van der Waals surface area contributed by atoms with Gasteiger partial charge in [-0.2, -0.15) is 0 Å². The Morgan fingerprint density at radius 2 is 1.96 bits per heavy atom. The van der Waals surface area contributed by atoms with E-state index in [1.165, 1.54) is 0 Å². The van der Waals surface area contributed by atoms with Gasteiger partial charge in [0, 0.05) is 12.3 Å². The molecule has 1 aliphatic heterocycles. The first-order valence-corrected chi connectivity index (χ1v) is 8.64. The van der Waals surface area contributed by atoms with Crippen LogP contribution >= 0.6 is 0 Å². The summed E-state index contributed by atoms with van der Waals surface area (Å²) in [4.78, 5) is 12.6. The Balaban J connectivity index is 1.64. The average Bonchev–Trinajstić information content (AvgIpc) is 3.16. The molecule has 2 aromatic rings. The van der Waals surface area contributed by atoms with Crippen molar-refractivity contribution in [2.75, 3.05) is 25.1 Å². The highest BCUT2D eigenvalue weighted by Crippen LogP contribution is 2.22. The number of ether oxygens (including phenoxy) is 3. The van der Waals surface area contributed by atoms with Crippen LogP contribution in [0.2, 0.25) is 0 Å². The van der Waals surface area contributed by atoms with E-state index in [4.69, 9.17) is 14.2 Å². The molecular formula is C20H23NO4. The van der Waals surface area contributed by atoms with Gasteiger partial charge < -0.3 is 19.5 Å². The molecule has 0 spiro atoms. The number of hydrogen-bond acceptors (Lipinski definition) is 4. The maximum Gasteiger partial charge on any atom is 0.259 e. The minimum absolute atomic E-state index is 0.113. The first-order valence-electron chi connectivity index (χ1n) is 8.64. The van der Waals surface area contributed by atoms with Crippen molar-refractivity contribution >= 4 is 11.6 Å². The van der Waals surface area contributed by atoms with E-state index in [1.807, 2.05) is 49.4 Å². The molecule has 5 heteroatoms. The molecule has 0 bridgehead atoms. The molecule has 2 aromatic carbocycles. The van der Waals surface area contributed by atoms with E-state index in [0.717, 1.165) is 25.2 Å². The summed E-state index contributed by atoms with van der Waals surface area (Å²) >= 11 is 0. The second kappa shape index (κ2) is 8.53. The molecule has 3 rings (SSSR count). The molecule has 1 saturated heterocycles. The smallest absolute Gasteiger partial charge is 0.259 e. The zero-order valence-electron chi connectivity index (χ0n) is 14.4. The third-order valence-electron chi connectivity index (χ3n) is 4.00. The fourth-order valence-corrected chi connectivity index (χ4v) is 2.74. The van der Waals surface area contributed by atoms with E-state index in [2.05, 4.69) is 5.32 Å². The number of hydrogen-bond donors (Lipinski definition) is 1. The van der Waals surface area contributed by atoms with Gasteiger partial charge in [-0.25, -0.2) is 0 Å². The van der Waals surface area contributed by atoms with Gasteiger partial charge in [-0.1, -0.05) is 12.1 Å². The van der Waals surface area contributed by atoms with Gasteiger partial charge in [0.25, 0.3) is 5.91 Å². The SMILES string of the molecule is CCOc1ccc(NC(=O)c2ccccc2OC[C@H]2CCCO2)cc1. The van der Waals surface area contributed by atoms with Crippen LogP contribution in [0.4, 0.5) is 5.69 Å². The van der Waals surface area contributed by atoms with E-state index in [0.29, 0.717) is 30.2 Å². The van der Waals surface area contributed by atoms with Crippen molar-refractivity contribution in [1.29, 1.82) is 0 Å². The van der Waals surface area contributed by atoms with Crippen molar-refractivity contribution in [3.8, 4) is 11.5 Å². The average molecular weight is 341 g/mol. The summed E-state index contributed by atoms with van der Waals surface area (Å²) in [6, 6.07) is 14.6. The van der Waals surface area contributed by atoms with Crippen LogP contribution in [0.15, 0.2) is 48.5 Å². The Bertz CT molecular complexity index is 693. The second-order valence-corrected chi connectivity index (χ2v) is 5.85. The summed E-state index contributed by atoms with van der Waals surface area (Å²) in [7, 11) is 0. The number of para-hydroxylation sites is 1. The first kappa shape index (κ1) is 17.3. The summed E-state index contributed by atoms with van der Waals surface area (Å²) < 4.78 is 16.8. The number of anilines is 1. The molecule has 1 amide bonds. The number of nitrogens with one attached hydrogen (secondary N) is 1. The highest BCUT2D eigenvalue weighted by molar-refractivity contribution is 6.06. The molecule has 5 nitrogen and oxygen atoms in total. The molecule has 0 aliphatic carbocycles. The maximum atomic E-state index is 12.6. The fraction of sp³-hybridized carbons (Fsp3) is 0.350. The Kier molecular flexibility index (Phi) is 5.90. The molecule has 0 unspecified atom stereocenters. The molecule has 1 heterocycles. The van der Waals surface area contributed by atoms with E-state index in [-0.39, 0.29) is 12.0 Å². The summed E-state index contributed by atoms with van der Waals surface area (Å²) in [5.41, 5.74) is 1.22. The second-order valence-electron chi connectivity index (χ2n) is 5.85. The van der Waals surface area contributed by atoms with Crippen LogP contribution in [0.3, 0.4) is 0 Å². The molecule has 0 saturated carbocycles. The molecule has 25 heavy (non-hydrogen) atoms. The van der Waals surface area contributed by atoms with Crippen LogP contribution in [0.1, 0.15) is 30.1 Å². The van der Waals surface area contributed by atoms with Crippen LogP contribution in [-0.4, -0.2) is 31.8 Å². The van der Waals surface area contributed by atoms with E-state index in [9.17, 15) is 4.79 Å². The van der Waals surface area contributed by atoms with Gasteiger partial charge in [-0.05, 0) is 56.2 Å². The number of carbonyl (C=O) groups is 1. The van der Waals surface area contributed by atoms with Crippen LogP contribution < -0.4 is 14.8 Å². The molecule has 0 aromatic heterocycles. The number of carbonyl (C=O) groups excluding carboxylic acids is 1. The van der Waals surface area contributed by atoms with Gasteiger partial charge in [0.05, 0.1) is 18.3 Å². The van der Waals surface area contributed by atoms with Crippen molar-refractivity contribution in [2.45, 2.75) is 25.9 Å². The van der Waals surface area contributed by atoms with Crippen LogP contribution in [0.25, 0.3) is 0 Å².